The zero-order valence-corrected chi connectivity index (χ0v) is 20.5. The standard InChI is InChI=1S/C25H29F4N5O2/c1-14(17-5-4-6-19(20(17)26)25(27,28)29)30-22-18-11-34(16-7-9-36-10-8-16)23(35)24(12-33(3)13-24)21(18)31-15(2)32-22/h4-6,14,16H,7-13H2,1-3H3,(H,30,31,32)/t14-/m1/s1. The first kappa shape index (κ1) is 24.9. The van der Waals surface area contributed by atoms with Crippen molar-refractivity contribution >= 4 is 11.7 Å². The van der Waals surface area contributed by atoms with Gasteiger partial charge in [-0.2, -0.15) is 13.2 Å². The molecule has 3 aliphatic rings. The Morgan fingerprint density at radius 3 is 2.53 bits per heavy atom. The number of aromatic nitrogens is 2. The van der Waals surface area contributed by atoms with Crippen molar-refractivity contribution < 1.29 is 27.1 Å². The normalized spacial score (nSPS) is 21.3. The monoisotopic (exact) mass is 507 g/mol. The van der Waals surface area contributed by atoms with Crippen LogP contribution in [0.3, 0.4) is 0 Å². The van der Waals surface area contributed by atoms with Crippen molar-refractivity contribution in [1.29, 1.82) is 0 Å². The fraction of sp³-hybridized carbons (Fsp3) is 0.560. The van der Waals surface area contributed by atoms with E-state index in [1.54, 1.807) is 13.8 Å². The smallest absolute Gasteiger partial charge is 0.381 e. The third-order valence-electron chi connectivity index (χ3n) is 7.44. The van der Waals surface area contributed by atoms with Crippen LogP contribution in [-0.4, -0.2) is 65.1 Å². The fourth-order valence-electron chi connectivity index (χ4n) is 5.72. The predicted molar refractivity (Wildman–Crippen MR) is 124 cm³/mol. The number of nitrogens with one attached hydrogen (secondary N) is 1. The largest absolute Gasteiger partial charge is 0.419 e. The molecule has 0 aliphatic carbocycles. The van der Waals surface area contributed by atoms with Crippen molar-refractivity contribution in [3.63, 3.8) is 0 Å². The van der Waals surface area contributed by atoms with E-state index in [0.29, 0.717) is 43.6 Å². The first-order chi connectivity index (χ1) is 17.0. The van der Waals surface area contributed by atoms with Gasteiger partial charge < -0.3 is 19.9 Å². The number of fused-ring (bicyclic) bond motifs is 2. The Morgan fingerprint density at radius 1 is 1.19 bits per heavy atom. The lowest BCUT2D eigenvalue weighted by atomic mass is 9.71. The number of ether oxygens (including phenoxy) is 1. The van der Waals surface area contributed by atoms with Gasteiger partial charge in [-0.3, -0.25) is 4.79 Å². The van der Waals surface area contributed by atoms with Crippen LogP contribution in [0, 0.1) is 12.7 Å². The van der Waals surface area contributed by atoms with Gasteiger partial charge >= 0.3 is 6.18 Å². The number of rotatable bonds is 4. The maximum Gasteiger partial charge on any atom is 0.419 e. The number of hydrogen-bond acceptors (Lipinski definition) is 6. The lowest BCUT2D eigenvalue weighted by Crippen LogP contribution is -2.69. The number of carbonyl (C=O) groups excluding carboxylic acids is 1. The van der Waals surface area contributed by atoms with Crippen molar-refractivity contribution in [2.24, 2.45) is 0 Å². The molecule has 5 rings (SSSR count). The van der Waals surface area contributed by atoms with Gasteiger partial charge in [0.15, 0.2) is 0 Å². The van der Waals surface area contributed by atoms with Gasteiger partial charge in [0.2, 0.25) is 5.91 Å². The number of amides is 1. The van der Waals surface area contributed by atoms with Crippen LogP contribution >= 0.6 is 0 Å². The second-order valence-corrected chi connectivity index (χ2v) is 10.1. The summed E-state index contributed by atoms with van der Waals surface area (Å²) >= 11 is 0. The lowest BCUT2D eigenvalue weighted by molar-refractivity contribution is -0.151. The molecule has 3 aliphatic heterocycles. The Morgan fingerprint density at radius 2 is 1.89 bits per heavy atom. The summed E-state index contributed by atoms with van der Waals surface area (Å²) in [5.41, 5.74) is -0.821. The van der Waals surface area contributed by atoms with E-state index in [1.165, 1.54) is 12.1 Å². The van der Waals surface area contributed by atoms with Crippen LogP contribution < -0.4 is 5.32 Å². The van der Waals surface area contributed by atoms with Gasteiger partial charge in [0, 0.05) is 43.5 Å². The molecular formula is C25H29F4N5O2. The van der Waals surface area contributed by atoms with Gasteiger partial charge in [0.1, 0.15) is 22.9 Å². The maximum absolute atomic E-state index is 14.9. The molecule has 36 heavy (non-hydrogen) atoms. The van der Waals surface area contributed by atoms with Crippen molar-refractivity contribution in [3.8, 4) is 0 Å². The molecule has 1 N–H and O–H groups in total. The highest BCUT2D eigenvalue weighted by molar-refractivity contribution is 5.92. The SMILES string of the molecule is Cc1nc(N[C@H](C)c2cccc(C(F)(F)F)c2F)c2c(n1)C1(CN(C)C1)C(=O)N(C1CCOCC1)C2. The summed E-state index contributed by atoms with van der Waals surface area (Å²) in [6.45, 7) is 5.79. The van der Waals surface area contributed by atoms with E-state index in [4.69, 9.17) is 4.74 Å². The topological polar surface area (TPSA) is 70.6 Å². The molecule has 1 atom stereocenters. The van der Waals surface area contributed by atoms with Crippen LogP contribution in [0.15, 0.2) is 18.2 Å². The number of aryl methyl sites for hydroxylation is 1. The zero-order valence-electron chi connectivity index (χ0n) is 20.5. The van der Waals surface area contributed by atoms with Gasteiger partial charge in [-0.05, 0) is 39.8 Å². The Balaban J connectivity index is 1.54. The quantitative estimate of drug-likeness (QED) is 0.635. The van der Waals surface area contributed by atoms with E-state index in [1.807, 2.05) is 11.9 Å². The highest BCUT2D eigenvalue weighted by atomic mass is 19.4. The minimum Gasteiger partial charge on any atom is -0.381 e. The van der Waals surface area contributed by atoms with Crippen LogP contribution in [-0.2, 0) is 27.7 Å². The average molecular weight is 508 g/mol. The van der Waals surface area contributed by atoms with E-state index in [9.17, 15) is 22.4 Å². The number of likely N-dealkylation sites (N-methyl/N-ethyl adjacent to an activating group) is 1. The van der Waals surface area contributed by atoms with Gasteiger partial charge in [0.25, 0.3) is 0 Å². The maximum atomic E-state index is 14.9. The average Bonchev–Trinajstić information content (AvgIpc) is 2.80. The highest BCUT2D eigenvalue weighted by Crippen LogP contribution is 2.44. The molecule has 2 saturated heterocycles. The number of benzene rings is 1. The predicted octanol–water partition coefficient (Wildman–Crippen LogP) is 3.82. The summed E-state index contributed by atoms with van der Waals surface area (Å²) < 4.78 is 60.2. The summed E-state index contributed by atoms with van der Waals surface area (Å²) in [5, 5.41) is 3.15. The summed E-state index contributed by atoms with van der Waals surface area (Å²) in [4.78, 5) is 27.0. The summed E-state index contributed by atoms with van der Waals surface area (Å²) in [6.07, 6.45) is -3.33. The second kappa shape index (κ2) is 8.95. The third-order valence-corrected chi connectivity index (χ3v) is 7.44. The molecule has 1 aromatic heterocycles. The Kier molecular flexibility index (Phi) is 6.19. The molecule has 1 aromatic carbocycles. The van der Waals surface area contributed by atoms with Crippen molar-refractivity contribution in [2.75, 3.05) is 38.7 Å². The minimum atomic E-state index is -4.79. The molecule has 2 fully saturated rings. The molecule has 2 aromatic rings. The van der Waals surface area contributed by atoms with Gasteiger partial charge in [-0.15, -0.1) is 0 Å². The molecule has 11 heteroatoms. The van der Waals surface area contributed by atoms with E-state index in [0.717, 1.165) is 24.5 Å². The number of nitrogens with zero attached hydrogens (tertiary/aromatic N) is 4. The number of halogens is 4. The Hall–Kier alpha value is -2.79. The molecule has 4 heterocycles. The third kappa shape index (κ3) is 4.11. The highest BCUT2D eigenvalue weighted by Gasteiger charge is 2.57. The van der Waals surface area contributed by atoms with E-state index >= 15 is 0 Å². The second-order valence-electron chi connectivity index (χ2n) is 10.1. The molecule has 7 nitrogen and oxygen atoms in total. The van der Waals surface area contributed by atoms with Gasteiger partial charge in [0.05, 0.1) is 23.8 Å². The lowest BCUT2D eigenvalue weighted by Gasteiger charge is -2.53. The van der Waals surface area contributed by atoms with Gasteiger partial charge in [-0.25, -0.2) is 14.4 Å². The molecule has 194 valence electrons. The van der Waals surface area contributed by atoms with Crippen molar-refractivity contribution in [2.45, 2.75) is 56.9 Å². The number of carbonyl (C=O) groups is 1. The van der Waals surface area contributed by atoms with Crippen LogP contribution in [0.4, 0.5) is 23.4 Å². The van der Waals surface area contributed by atoms with E-state index in [2.05, 4.69) is 20.2 Å². The van der Waals surface area contributed by atoms with Crippen molar-refractivity contribution in [3.05, 3.63) is 52.2 Å². The summed E-state index contributed by atoms with van der Waals surface area (Å²) in [7, 11) is 1.94. The first-order valence-corrected chi connectivity index (χ1v) is 12.1. The van der Waals surface area contributed by atoms with Crippen LogP contribution in [0.25, 0.3) is 0 Å². The number of hydrogen-bond donors (Lipinski definition) is 1. The zero-order chi connectivity index (χ0) is 25.8. The molecule has 1 spiro atoms. The number of alkyl halides is 3. The summed E-state index contributed by atoms with van der Waals surface area (Å²) in [6, 6.07) is 2.49. The van der Waals surface area contributed by atoms with E-state index < -0.39 is 29.0 Å². The number of anilines is 1. The first-order valence-electron chi connectivity index (χ1n) is 12.1. The molecule has 0 radical (unpaired) electrons. The van der Waals surface area contributed by atoms with Gasteiger partial charge in [-0.1, -0.05) is 12.1 Å². The van der Waals surface area contributed by atoms with Crippen LogP contribution in [0.5, 0.6) is 0 Å². The summed E-state index contributed by atoms with van der Waals surface area (Å²) in [5.74, 6) is -0.406. The molecule has 1 amide bonds. The minimum absolute atomic E-state index is 0.0228. The van der Waals surface area contributed by atoms with Crippen LogP contribution in [0.2, 0.25) is 0 Å². The van der Waals surface area contributed by atoms with Crippen molar-refractivity contribution in [1.82, 2.24) is 19.8 Å². The fourth-order valence-corrected chi connectivity index (χ4v) is 5.72. The molecule has 0 bridgehead atoms. The Bertz CT molecular complexity index is 1180. The van der Waals surface area contributed by atoms with Crippen LogP contribution in [0.1, 0.15) is 54.0 Å². The molecule has 0 saturated carbocycles. The number of likely N-dealkylation sites (tertiary alicyclic amines) is 1. The molecular weight excluding hydrogens is 478 g/mol. The van der Waals surface area contributed by atoms with E-state index in [-0.39, 0.29) is 24.1 Å². The molecule has 0 unspecified atom stereocenters. The Labute approximate surface area is 206 Å².